The molecule has 1 amide bonds. The van der Waals surface area contributed by atoms with Gasteiger partial charge in [0.2, 0.25) is 5.91 Å². The monoisotopic (exact) mass is 515 g/mol. The number of rotatable bonds is 10. The maximum Gasteiger partial charge on any atom is 0.227 e. The molecule has 0 saturated carbocycles. The van der Waals surface area contributed by atoms with E-state index in [1.54, 1.807) is 0 Å². The number of carbonyl (C=O) groups is 1. The van der Waals surface area contributed by atoms with Gasteiger partial charge < -0.3 is 14.2 Å². The zero-order valence-corrected chi connectivity index (χ0v) is 22.4. The van der Waals surface area contributed by atoms with Crippen molar-refractivity contribution in [1.29, 1.82) is 0 Å². The molecule has 0 N–H and O–H groups in total. The Kier molecular flexibility index (Phi) is 7.80. The molecule has 192 valence electrons. The summed E-state index contributed by atoms with van der Waals surface area (Å²) in [5.41, 5.74) is 5.38. The number of unbranched alkanes of at least 4 members (excludes halogenated alkanes) is 1. The summed E-state index contributed by atoms with van der Waals surface area (Å²) in [5.74, 6) is 2.03. The number of ether oxygens (including phenoxy) is 1. The highest BCUT2D eigenvalue weighted by atomic mass is 35.5. The number of aryl methyl sites for hydroxylation is 3. The number of anilines is 1. The number of aromatic nitrogens is 2. The molecule has 1 aliphatic rings. The van der Waals surface area contributed by atoms with Gasteiger partial charge >= 0.3 is 0 Å². The van der Waals surface area contributed by atoms with Crippen LogP contribution in [0.3, 0.4) is 0 Å². The second-order valence-corrected chi connectivity index (χ2v) is 10.3. The molecule has 1 unspecified atom stereocenters. The molecule has 1 aromatic heterocycles. The van der Waals surface area contributed by atoms with Crippen LogP contribution in [0.4, 0.5) is 5.69 Å². The summed E-state index contributed by atoms with van der Waals surface area (Å²) in [6.45, 7) is 6.20. The predicted molar refractivity (Wildman–Crippen MR) is 151 cm³/mol. The molecule has 0 radical (unpaired) electrons. The van der Waals surface area contributed by atoms with Crippen molar-refractivity contribution in [3.05, 3.63) is 88.7 Å². The van der Waals surface area contributed by atoms with Crippen LogP contribution in [0, 0.1) is 6.92 Å². The topological polar surface area (TPSA) is 47.4 Å². The molecule has 37 heavy (non-hydrogen) atoms. The zero-order chi connectivity index (χ0) is 25.8. The van der Waals surface area contributed by atoms with Crippen LogP contribution in [-0.2, 0) is 17.8 Å². The van der Waals surface area contributed by atoms with Gasteiger partial charge in [-0.1, -0.05) is 49.2 Å². The molecule has 2 heterocycles. The largest absolute Gasteiger partial charge is 0.494 e. The number of benzene rings is 3. The third-order valence-corrected chi connectivity index (χ3v) is 7.59. The lowest BCUT2D eigenvalue weighted by Crippen LogP contribution is -2.24. The third-order valence-electron chi connectivity index (χ3n) is 7.17. The molecule has 4 aromatic rings. The number of nitrogens with zero attached hydrogens (tertiary/aromatic N) is 3. The molecule has 6 heteroatoms. The molecule has 1 aliphatic heterocycles. The van der Waals surface area contributed by atoms with Crippen LogP contribution in [-0.4, -0.2) is 28.6 Å². The Bertz CT molecular complexity index is 1380. The minimum Gasteiger partial charge on any atom is -0.494 e. The predicted octanol–water partition coefficient (Wildman–Crippen LogP) is 7.33. The Labute approximate surface area is 224 Å². The summed E-state index contributed by atoms with van der Waals surface area (Å²) in [4.78, 5) is 20.0. The van der Waals surface area contributed by atoms with Crippen LogP contribution >= 0.6 is 11.6 Å². The third kappa shape index (κ3) is 5.67. The Morgan fingerprint density at radius 1 is 1.05 bits per heavy atom. The fourth-order valence-corrected chi connectivity index (χ4v) is 5.23. The lowest BCUT2D eigenvalue weighted by Gasteiger charge is -2.18. The molecule has 5 rings (SSSR count). The van der Waals surface area contributed by atoms with Crippen molar-refractivity contribution in [3.63, 3.8) is 0 Å². The lowest BCUT2D eigenvalue weighted by atomic mass is 10.1. The van der Waals surface area contributed by atoms with Gasteiger partial charge in [-0.15, -0.1) is 0 Å². The van der Waals surface area contributed by atoms with Crippen LogP contribution in [0.1, 0.15) is 55.5 Å². The molecule has 3 aromatic carbocycles. The fraction of sp³-hybridized carbons (Fsp3) is 0.355. The number of fused-ring (bicyclic) bond motifs is 1. The number of para-hydroxylation sites is 2. The van der Waals surface area contributed by atoms with E-state index in [9.17, 15) is 4.79 Å². The quantitative estimate of drug-likeness (QED) is 0.208. The Hall–Kier alpha value is -3.31. The summed E-state index contributed by atoms with van der Waals surface area (Å²) in [6, 6.07) is 22.4. The van der Waals surface area contributed by atoms with Crippen LogP contribution in [0.5, 0.6) is 5.75 Å². The smallest absolute Gasteiger partial charge is 0.227 e. The summed E-state index contributed by atoms with van der Waals surface area (Å²) in [6.07, 6.45) is 4.76. The molecule has 1 atom stereocenters. The van der Waals surface area contributed by atoms with Gasteiger partial charge in [0.05, 0.1) is 17.6 Å². The normalized spacial score (nSPS) is 15.6. The first-order valence-corrected chi connectivity index (χ1v) is 13.6. The molecule has 0 aliphatic carbocycles. The highest BCUT2D eigenvalue weighted by molar-refractivity contribution is 6.31. The van der Waals surface area contributed by atoms with Crippen LogP contribution < -0.4 is 9.64 Å². The summed E-state index contributed by atoms with van der Waals surface area (Å²) in [5, 5.41) is 0.745. The highest BCUT2D eigenvalue weighted by Crippen LogP contribution is 2.33. The van der Waals surface area contributed by atoms with E-state index in [0.29, 0.717) is 19.6 Å². The molecular formula is C31H34ClN3O2. The Morgan fingerprint density at radius 2 is 1.86 bits per heavy atom. The average Bonchev–Trinajstić information content (AvgIpc) is 3.48. The molecule has 5 nitrogen and oxygen atoms in total. The molecule has 0 spiro atoms. The maximum absolute atomic E-state index is 13.1. The van der Waals surface area contributed by atoms with Crippen LogP contribution in [0.2, 0.25) is 5.02 Å². The standard InChI is InChI=1S/C31H34ClN3O2/c1-3-4-8-23-11-13-25(14-12-23)35-21-24(20-30(35)36)31-33-28-9-5-6-10-29(28)34(31)17-7-18-37-26-15-16-27(32)22(2)19-26/h5-6,9-16,19,24H,3-4,7-8,17-18,20-21H2,1-2H3. The summed E-state index contributed by atoms with van der Waals surface area (Å²) >= 11 is 6.14. The summed E-state index contributed by atoms with van der Waals surface area (Å²) < 4.78 is 8.27. The minimum absolute atomic E-state index is 0.0551. The van der Waals surface area contributed by atoms with E-state index >= 15 is 0 Å². The van der Waals surface area contributed by atoms with Crippen molar-refractivity contribution < 1.29 is 9.53 Å². The first-order valence-electron chi connectivity index (χ1n) is 13.3. The van der Waals surface area contributed by atoms with Gasteiger partial charge in [-0.25, -0.2) is 4.98 Å². The van der Waals surface area contributed by atoms with Gasteiger partial charge in [0.15, 0.2) is 0 Å². The van der Waals surface area contributed by atoms with E-state index in [4.69, 9.17) is 21.3 Å². The van der Waals surface area contributed by atoms with Crippen LogP contribution in [0.15, 0.2) is 66.7 Å². The molecule has 1 fully saturated rings. The van der Waals surface area contributed by atoms with E-state index in [2.05, 4.69) is 41.8 Å². The number of carbonyl (C=O) groups excluding carboxylic acids is 1. The number of hydrogen-bond donors (Lipinski definition) is 0. The fourth-order valence-electron chi connectivity index (χ4n) is 5.11. The van der Waals surface area contributed by atoms with Gasteiger partial charge in [-0.3, -0.25) is 4.79 Å². The van der Waals surface area contributed by atoms with E-state index in [1.165, 1.54) is 18.4 Å². The van der Waals surface area contributed by atoms with E-state index in [1.807, 2.05) is 48.2 Å². The van der Waals surface area contributed by atoms with Gasteiger partial charge in [0.1, 0.15) is 11.6 Å². The van der Waals surface area contributed by atoms with E-state index in [0.717, 1.165) is 58.3 Å². The second-order valence-electron chi connectivity index (χ2n) is 9.90. The van der Waals surface area contributed by atoms with Crippen molar-refractivity contribution in [2.24, 2.45) is 0 Å². The minimum atomic E-state index is 0.0551. The Morgan fingerprint density at radius 3 is 2.65 bits per heavy atom. The van der Waals surface area contributed by atoms with Gasteiger partial charge in [0.25, 0.3) is 0 Å². The second kappa shape index (κ2) is 11.4. The van der Waals surface area contributed by atoms with Crippen molar-refractivity contribution in [2.45, 2.75) is 58.4 Å². The van der Waals surface area contributed by atoms with Crippen molar-refractivity contribution in [1.82, 2.24) is 9.55 Å². The van der Waals surface area contributed by atoms with Crippen molar-refractivity contribution >= 4 is 34.2 Å². The van der Waals surface area contributed by atoms with Gasteiger partial charge in [-0.05, 0) is 79.8 Å². The summed E-state index contributed by atoms with van der Waals surface area (Å²) in [7, 11) is 0. The van der Waals surface area contributed by atoms with Gasteiger partial charge in [0, 0.05) is 36.1 Å². The number of amides is 1. The molecule has 0 bridgehead atoms. The number of imidazole rings is 1. The number of hydrogen-bond acceptors (Lipinski definition) is 3. The SMILES string of the molecule is CCCCc1ccc(N2CC(c3nc4ccccc4n3CCCOc3ccc(Cl)c(C)c3)CC2=O)cc1. The van der Waals surface area contributed by atoms with Crippen molar-refractivity contribution in [2.75, 3.05) is 18.1 Å². The average molecular weight is 516 g/mol. The first kappa shape index (κ1) is 25.3. The highest BCUT2D eigenvalue weighted by Gasteiger charge is 2.34. The zero-order valence-electron chi connectivity index (χ0n) is 21.6. The molecular weight excluding hydrogens is 482 g/mol. The Balaban J connectivity index is 1.30. The van der Waals surface area contributed by atoms with E-state index < -0.39 is 0 Å². The van der Waals surface area contributed by atoms with Gasteiger partial charge in [-0.2, -0.15) is 0 Å². The van der Waals surface area contributed by atoms with E-state index in [-0.39, 0.29) is 11.8 Å². The number of halogens is 1. The molecule has 1 saturated heterocycles. The first-order chi connectivity index (χ1) is 18.0. The maximum atomic E-state index is 13.1. The lowest BCUT2D eigenvalue weighted by molar-refractivity contribution is -0.117. The van der Waals surface area contributed by atoms with Crippen LogP contribution in [0.25, 0.3) is 11.0 Å². The van der Waals surface area contributed by atoms with Crippen molar-refractivity contribution in [3.8, 4) is 5.75 Å².